The van der Waals surface area contributed by atoms with E-state index in [1.807, 2.05) is 0 Å². The number of anilines is 1. The molecule has 0 N–H and O–H groups in total. The van der Waals surface area contributed by atoms with Gasteiger partial charge in [0.2, 0.25) is 0 Å². The summed E-state index contributed by atoms with van der Waals surface area (Å²) >= 11 is 1.57. The molecule has 1 aliphatic heterocycles. The third-order valence-electron chi connectivity index (χ3n) is 3.97. The van der Waals surface area contributed by atoms with Crippen LogP contribution >= 0.6 is 11.3 Å². The molecule has 1 aromatic heterocycles. The van der Waals surface area contributed by atoms with E-state index in [4.69, 9.17) is 4.98 Å². The Balaban J connectivity index is 1.81. The van der Waals surface area contributed by atoms with Crippen LogP contribution in [0.15, 0.2) is 0 Å². The number of carbonyl (C=O) groups is 1. The maximum Gasteiger partial charge on any atom is 0.186 e. The standard InChI is InChI=1S/C13H19N3OS/c1-9-7-16(6-5-15(9)2)13-14-12(10-3-4-10)11(8-17)18-13/h8-10H,3-7H2,1-2H3. The SMILES string of the molecule is CC1CN(c2nc(C3CC3)c(C=O)s2)CCN1C. The molecule has 4 nitrogen and oxygen atoms in total. The largest absolute Gasteiger partial charge is 0.345 e. The zero-order valence-electron chi connectivity index (χ0n) is 10.9. The van der Waals surface area contributed by atoms with Gasteiger partial charge >= 0.3 is 0 Å². The number of nitrogens with zero attached hydrogens (tertiary/aromatic N) is 3. The minimum atomic E-state index is 0.548. The van der Waals surface area contributed by atoms with Gasteiger partial charge < -0.3 is 9.80 Å². The summed E-state index contributed by atoms with van der Waals surface area (Å²) in [5.41, 5.74) is 1.05. The van der Waals surface area contributed by atoms with Gasteiger partial charge in [0.15, 0.2) is 11.4 Å². The quantitative estimate of drug-likeness (QED) is 0.783. The van der Waals surface area contributed by atoms with E-state index in [0.29, 0.717) is 12.0 Å². The van der Waals surface area contributed by atoms with Crippen LogP contribution in [0.3, 0.4) is 0 Å². The molecule has 1 atom stereocenters. The number of carbonyl (C=O) groups excluding carboxylic acids is 1. The molecule has 0 amide bonds. The molecule has 18 heavy (non-hydrogen) atoms. The summed E-state index contributed by atoms with van der Waals surface area (Å²) in [6.07, 6.45) is 3.38. The number of hydrogen-bond acceptors (Lipinski definition) is 5. The third kappa shape index (κ3) is 2.17. The van der Waals surface area contributed by atoms with E-state index in [2.05, 4.69) is 23.8 Å². The Morgan fingerprint density at radius 1 is 1.39 bits per heavy atom. The van der Waals surface area contributed by atoms with Crippen molar-refractivity contribution >= 4 is 22.8 Å². The van der Waals surface area contributed by atoms with Crippen molar-refractivity contribution in [2.75, 3.05) is 31.6 Å². The summed E-state index contributed by atoms with van der Waals surface area (Å²) in [6.45, 7) is 5.32. The summed E-state index contributed by atoms with van der Waals surface area (Å²) in [4.78, 5) is 21.4. The van der Waals surface area contributed by atoms with Crippen molar-refractivity contribution in [3.05, 3.63) is 10.6 Å². The molecule has 1 aromatic rings. The zero-order valence-corrected chi connectivity index (χ0v) is 11.7. The maximum atomic E-state index is 11.1. The molecule has 0 bridgehead atoms. The second kappa shape index (κ2) is 4.63. The van der Waals surface area contributed by atoms with Crippen LogP contribution in [0.5, 0.6) is 0 Å². The highest BCUT2D eigenvalue weighted by Gasteiger charge is 2.31. The summed E-state index contributed by atoms with van der Waals surface area (Å²) in [5.74, 6) is 0.556. The van der Waals surface area contributed by atoms with Gasteiger partial charge in [0, 0.05) is 31.6 Å². The lowest BCUT2D eigenvalue weighted by molar-refractivity contribution is 0.112. The van der Waals surface area contributed by atoms with Gasteiger partial charge in [-0.15, -0.1) is 0 Å². The van der Waals surface area contributed by atoms with Crippen molar-refractivity contribution in [2.24, 2.45) is 0 Å². The average molecular weight is 265 g/mol. The molecule has 1 aliphatic carbocycles. The predicted octanol–water partition coefficient (Wildman–Crippen LogP) is 1.97. The number of aromatic nitrogens is 1. The van der Waals surface area contributed by atoms with E-state index in [1.165, 1.54) is 12.8 Å². The molecule has 1 saturated carbocycles. The molecule has 0 spiro atoms. The van der Waals surface area contributed by atoms with Crippen molar-refractivity contribution < 1.29 is 4.79 Å². The number of thiazole rings is 1. The second-order valence-corrected chi connectivity index (χ2v) is 6.42. The number of hydrogen-bond donors (Lipinski definition) is 0. The lowest BCUT2D eigenvalue weighted by Gasteiger charge is -2.37. The van der Waals surface area contributed by atoms with E-state index in [0.717, 1.165) is 41.6 Å². The van der Waals surface area contributed by atoms with Crippen molar-refractivity contribution in [3.63, 3.8) is 0 Å². The topological polar surface area (TPSA) is 36.4 Å². The van der Waals surface area contributed by atoms with E-state index in [9.17, 15) is 4.79 Å². The van der Waals surface area contributed by atoms with Gasteiger partial charge in [0.05, 0.1) is 10.6 Å². The molecule has 98 valence electrons. The Labute approximate surface area is 112 Å². The average Bonchev–Trinajstić information content (AvgIpc) is 3.12. The first-order chi connectivity index (χ1) is 8.69. The Bertz CT molecular complexity index is 455. The summed E-state index contributed by atoms with van der Waals surface area (Å²) in [6, 6.07) is 0.548. The second-order valence-electron chi connectivity index (χ2n) is 5.41. The van der Waals surface area contributed by atoms with Crippen molar-refractivity contribution in [2.45, 2.75) is 31.7 Å². The number of rotatable bonds is 3. The van der Waals surface area contributed by atoms with Gasteiger partial charge in [0.1, 0.15) is 0 Å². The molecule has 1 saturated heterocycles. The van der Waals surface area contributed by atoms with E-state index in [-0.39, 0.29) is 0 Å². The highest BCUT2D eigenvalue weighted by molar-refractivity contribution is 7.17. The van der Waals surface area contributed by atoms with Gasteiger partial charge in [-0.25, -0.2) is 4.98 Å². The van der Waals surface area contributed by atoms with Crippen LogP contribution in [0.4, 0.5) is 5.13 Å². The summed E-state index contributed by atoms with van der Waals surface area (Å²) in [7, 11) is 2.16. The van der Waals surface area contributed by atoms with Crippen LogP contribution in [0.25, 0.3) is 0 Å². The summed E-state index contributed by atoms with van der Waals surface area (Å²) < 4.78 is 0. The third-order valence-corrected chi connectivity index (χ3v) is 5.03. The fourth-order valence-corrected chi connectivity index (χ4v) is 3.42. The molecule has 2 fully saturated rings. The van der Waals surface area contributed by atoms with Crippen molar-refractivity contribution in [1.29, 1.82) is 0 Å². The van der Waals surface area contributed by atoms with E-state index < -0.39 is 0 Å². The van der Waals surface area contributed by atoms with E-state index >= 15 is 0 Å². The van der Waals surface area contributed by atoms with Crippen LogP contribution < -0.4 is 4.90 Å². The first-order valence-corrected chi connectivity index (χ1v) is 7.41. The fraction of sp³-hybridized carbons (Fsp3) is 0.692. The molecule has 3 rings (SSSR count). The Hall–Kier alpha value is -0.940. The van der Waals surface area contributed by atoms with Crippen LogP contribution in [0.1, 0.15) is 41.0 Å². The highest BCUT2D eigenvalue weighted by Crippen LogP contribution is 2.43. The minimum absolute atomic E-state index is 0.548. The smallest absolute Gasteiger partial charge is 0.186 e. The normalized spacial score (nSPS) is 25.4. The lowest BCUT2D eigenvalue weighted by Crippen LogP contribution is -2.50. The molecule has 2 heterocycles. The van der Waals surface area contributed by atoms with Crippen molar-refractivity contribution in [3.8, 4) is 0 Å². The monoisotopic (exact) mass is 265 g/mol. The van der Waals surface area contributed by atoms with Gasteiger partial charge in [-0.2, -0.15) is 0 Å². The van der Waals surface area contributed by atoms with Crippen molar-refractivity contribution in [1.82, 2.24) is 9.88 Å². The van der Waals surface area contributed by atoms with Crippen LogP contribution in [-0.2, 0) is 0 Å². The van der Waals surface area contributed by atoms with Crippen LogP contribution in [-0.4, -0.2) is 48.9 Å². The van der Waals surface area contributed by atoms with Gasteiger partial charge in [-0.3, -0.25) is 4.79 Å². The zero-order chi connectivity index (χ0) is 12.7. The number of likely N-dealkylation sites (N-methyl/N-ethyl adjacent to an activating group) is 1. The van der Waals surface area contributed by atoms with Gasteiger partial charge in [-0.05, 0) is 26.8 Å². The molecule has 5 heteroatoms. The summed E-state index contributed by atoms with van der Waals surface area (Å²) in [5, 5.41) is 1.04. The first-order valence-electron chi connectivity index (χ1n) is 6.60. The number of aldehydes is 1. The Morgan fingerprint density at radius 2 is 2.17 bits per heavy atom. The molecular weight excluding hydrogens is 246 g/mol. The molecule has 0 aromatic carbocycles. The first kappa shape index (κ1) is 12.1. The van der Waals surface area contributed by atoms with Crippen LogP contribution in [0, 0.1) is 0 Å². The van der Waals surface area contributed by atoms with Gasteiger partial charge in [0.25, 0.3) is 0 Å². The minimum Gasteiger partial charge on any atom is -0.345 e. The number of piperazine rings is 1. The molecule has 2 aliphatic rings. The van der Waals surface area contributed by atoms with Crippen LogP contribution in [0.2, 0.25) is 0 Å². The Kier molecular flexibility index (Phi) is 3.11. The molecular formula is C13H19N3OS. The molecule has 1 unspecified atom stereocenters. The maximum absolute atomic E-state index is 11.1. The fourth-order valence-electron chi connectivity index (χ4n) is 2.42. The lowest BCUT2D eigenvalue weighted by atomic mass is 10.2. The predicted molar refractivity (Wildman–Crippen MR) is 73.8 cm³/mol. The molecule has 0 radical (unpaired) electrons. The van der Waals surface area contributed by atoms with Gasteiger partial charge in [-0.1, -0.05) is 11.3 Å². The van der Waals surface area contributed by atoms with E-state index in [1.54, 1.807) is 11.3 Å². The Morgan fingerprint density at radius 3 is 2.78 bits per heavy atom. The highest BCUT2D eigenvalue weighted by atomic mass is 32.1.